The number of imidazole rings is 1. The summed E-state index contributed by atoms with van der Waals surface area (Å²) in [7, 11) is 0. The summed E-state index contributed by atoms with van der Waals surface area (Å²) in [4.78, 5) is 27.4. The van der Waals surface area contributed by atoms with Crippen LogP contribution in [0.4, 0.5) is 14.5 Å². The Labute approximate surface area is 209 Å². The number of H-pyrrole nitrogens is 1. The van der Waals surface area contributed by atoms with Crippen molar-refractivity contribution in [2.75, 3.05) is 24.5 Å². The van der Waals surface area contributed by atoms with Crippen LogP contribution in [0.3, 0.4) is 0 Å². The number of aliphatic hydroxyl groups is 1. The first-order valence-electron chi connectivity index (χ1n) is 11.0. The molecule has 3 heterocycles. The van der Waals surface area contributed by atoms with Gasteiger partial charge in [0.1, 0.15) is 30.1 Å². The van der Waals surface area contributed by atoms with Gasteiger partial charge in [0.2, 0.25) is 5.91 Å². The Bertz CT molecular complexity index is 1350. The quantitative estimate of drug-likeness (QED) is 0.362. The lowest BCUT2D eigenvalue weighted by atomic mass is 10.0. The first kappa shape index (κ1) is 23.6. The maximum absolute atomic E-state index is 15.2. The van der Waals surface area contributed by atoms with Crippen molar-refractivity contribution < 1.29 is 18.7 Å². The molecule has 35 heavy (non-hydrogen) atoms. The lowest BCUT2D eigenvalue weighted by Crippen LogP contribution is -2.43. The molecule has 3 aromatic rings. The van der Waals surface area contributed by atoms with Crippen LogP contribution >= 0.6 is 23.8 Å². The number of hydrogen-bond donors (Lipinski definition) is 3. The van der Waals surface area contributed by atoms with E-state index >= 15 is 8.78 Å². The molecule has 2 aliphatic heterocycles. The zero-order valence-corrected chi connectivity index (χ0v) is 19.9. The van der Waals surface area contributed by atoms with Crippen LogP contribution in [0.25, 0.3) is 11.0 Å². The molecule has 2 atom stereocenters. The SMILES string of the molecule is O=C(C/N=C1\NC(=S)N(c2ccc3[nH]cnc3c2)C1c1c(F)ccc(Cl)c1F)N1CCCC(O)C1. The number of hydrogen-bond acceptors (Lipinski definition) is 5. The van der Waals surface area contributed by atoms with Crippen LogP contribution in [-0.4, -0.2) is 62.6 Å². The molecular weight excluding hydrogens is 498 g/mol. The molecule has 2 aromatic carbocycles. The van der Waals surface area contributed by atoms with Gasteiger partial charge in [0, 0.05) is 18.8 Å². The molecule has 182 valence electrons. The molecule has 2 aliphatic rings. The van der Waals surface area contributed by atoms with E-state index in [0.29, 0.717) is 30.6 Å². The van der Waals surface area contributed by atoms with Crippen LogP contribution < -0.4 is 10.2 Å². The Morgan fingerprint density at radius 1 is 1.31 bits per heavy atom. The monoisotopic (exact) mass is 518 g/mol. The highest BCUT2D eigenvalue weighted by atomic mass is 35.5. The lowest BCUT2D eigenvalue weighted by Gasteiger charge is -2.29. The minimum absolute atomic E-state index is 0.114. The summed E-state index contributed by atoms with van der Waals surface area (Å²) in [5.74, 6) is -1.95. The normalized spacial score (nSPS) is 21.7. The number of rotatable bonds is 4. The highest BCUT2D eigenvalue weighted by molar-refractivity contribution is 7.80. The van der Waals surface area contributed by atoms with E-state index in [2.05, 4.69) is 20.3 Å². The minimum atomic E-state index is -1.13. The number of piperidine rings is 1. The number of anilines is 1. The first-order chi connectivity index (χ1) is 16.8. The van der Waals surface area contributed by atoms with Gasteiger partial charge in [-0.15, -0.1) is 0 Å². The van der Waals surface area contributed by atoms with Crippen molar-refractivity contribution in [2.45, 2.75) is 25.0 Å². The second kappa shape index (κ2) is 9.48. The van der Waals surface area contributed by atoms with Crippen molar-refractivity contribution in [1.82, 2.24) is 20.2 Å². The van der Waals surface area contributed by atoms with Gasteiger partial charge in [-0.1, -0.05) is 11.6 Å². The number of nitrogens with one attached hydrogen (secondary N) is 2. The van der Waals surface area contributed by atoms with Gasteiger partial charge in [0.15, 0.2) is 5.11 Å². The van der Waals surface area contributed by atoms with E-state index in [0.717, 1.165) is 17.6 Å². The third-order valence-electron chi connectivity index (χ3n) is 6.14. The van der Waals surface area contributed by atoms with Crippen LogP contribution in [0.2, 0.25) is 5.02 Å². The van der Waals surface area contributed by atoms with E-state index in [1.165, 1.54) is 9.80 Å². The maximum atomic E-state index is 15.2. The smallest absolute Gasteiger partial charge is 0.244 e. The summed E-state index contributed by atoms with van der Waals surface area (Å²) >= 11 is 11.5. The Hall–Kier alpha value is -3.15. The summed E-state index contributed by atoms with van der Waals surface area (Å²) in [6.07, 6.45) is 2.29. The highest BCUT2D eigenvalue weighted by Crippen LogP contribution is 2.37. The fourth-order valence-corrected chi connectivity index (χ4v) is 4.91. The van der Waals surface area contributed by atoms with E-state index in [4.69, 9.17) is 23.8 Å². The van der Waals surface area contributed by atoms with Gasteiger partial charge in [0.25, 0.3) is 0 Å². The molecule has 8 nitrogen and oxygen atoms in total. The number of aliphatic imine (C=N–C) groups is 1. The summed E-state index contributed by atoms with van der Waals surface area (Å²) in [6, 6.07) is 6.34. The van der Waals surface area contributed by atoms with Gasteiger partial charge < -0.3 is 25.2 Å². The second-order valence-corrected chi connectivity index (χ2v) is 9.19. The predicted octanol–water partition coefficient (Wildman–Crippen LogP) is 3.31. The van der Waals surface area contributed by atoms with Crippen LogP contribution in [0.5, 0.6) is 0 Å². The number of nitrogens with zero attached hydrogens (tertiary/aromatic N) is 4. The number of carbonyl (C=O) groups excluding carboxylic acids is 1. The highest BCUT2D eigenvalue weighted by Gasteiger charge is 2.40. The number of benzene rings is 2. The molecule has 0 saturated carbocycles. The number of thiocarbonyl (C=S) groups is 1. The molecule has 2 unspecified atom stereocenters. The van der Waals surface area contributed by atoms with Crippen LogP contribution in [0.15, 0.2) is 41.7 Å². The molecule has 2 fully saturated rings. The number of likely N-dealkylation sites (tertiary alicyclic amines) is 1. The number of amidine groups is 1. The molecule has 2 saturated heterocycles. The number of amides is 1. The van der Waals surface area contributed by atoms with Gasteiger partial charge in [-0.2, -0.15) is 0 Å². The molecule has 3 N–H and O–H groups in total. The number of halogens is 3. The largest absolute Gasteiger partial charge is 0.391 e. The lowest BCUT2D eigenvalue weighted by molar-refractivity contribution is -0.132. The third-order valence-corrected chi connectivity index (χ3v) is 6.73. The first-order valence-corrected chi connectivity index (χ1v) is 11.8. The predicted molar refractivity (Wildman–Crippen MR) is 133 cm³/mol. The Kier molecular flexibility index (Phi) is 6.39. The number of carbonyl (C=O) groups is 1. The van der Waals surface area contributed by atoms with Gasteiger partial charge >= 0.3 is 0 Å². The van der Waals surface area contributed by atoms with E-state index < -0.39 is 23.8 Å². The number of aromatic nitrogens is 2. The van der Waals surface area contributed by atoms with Crippen molar-refractivity contribution in [3.8, 4) is 0 Å². The van der Waals surface area contributed by atoms with E-state index in [1.54, 1.807) is 24.5 Å². The van der Waals surface area contributed by atoms with Crippen LogP contribution in [0, 0.1) is 11.6 Å². The number of aliphatic hydroxyl groups excluding tert-OH is 1. The van der Waals surface area contributed by atoms with Crippen LogP contribution in [0.1, 0.15) is 24.4 Å². The van der Waals surface area contributed by atoms with Gasteiger partial charge in [-0.05, 0) is 55.4 Å². The zero-order valence-electron chi connectivity index (χ0n) is 18.3. The summed E-state index contributed by atoms with van der Waals surface area (Å²) < 4.78 is 30.2. The molecular formula is C23H21ClF2N6O2S. The molecule has 0 spiro atoms. The molecule has 1 aromatic heterocycles. The summed E-state index contributed by atoms with van der Waals surface area (Å²) in [5.41, 5.74) is 1.61. The topological polar surface area (TPSA) is 96.8 Å². The average Bonchev–Trinajstić information content (AvgIpc) is 3.43. The Morgan fingerprint density at radius 3 is 2.94 bits per heavy atom. The number of β-amino-alcohol motifs (C(OH)–C–C–N with tert-alkyl or cyclic N) is 1. The van der Waals surface area contributed by atoms with Crippen molar-refractivity contribution in [3.05, 3.63) is 58.9 Å². The maximum Gasteiger partial charge on any atom is 0.244 e. The fourth-order valence-electron chi connectivity index (χ4n) is 4.43. The van der Waals surface area contributed by atoms with Gasteiger partial charge in [0.05, 0.1) is 34.1 Å². The Balaban J connectivity index is 1.55. The second-order valence-electron chi connectivity index (χ2n) is 8.40. The molecule has 5 rings (SSSR count). The summed E-state index contributed by atoms with van der Waals surface area (Å²) in [6.45, 7) is 0.472. The fraction of sp³-hybridized carbons (Fsp3) is 0.304. The van der Waals surface area contributed by atoms with Gasteiger partial charge in [-0.3, -0.25) is 9.79 Å². The summed E-state index contributed by atoms with van der Waals surface area (Å²) in [5, 5.41) is 12.7. The van der Waals surface area contributed by atoms with E-state index in [9.17, 15) is 9.90 Å². The third kappa shape index (κ3) is 4.46. The number of fused-ring (bicyclic) bond motifs is 1. The molecule has 1 amide bonds. The molecule has 0 radical (unpaired) electrons. The minimum Gasteiger partial charge on any atom is -0.391 e. The van der Waals surface area contributed by atoms with E-state index in [1.807, 2.05) is 0 Å². The standard InChI is InChI=1S/C23H21ClF2N6O2S/c24-14-4-5-15(25)19(20(14)26)21-22(27-9-18(34)31-7-1-2-13(33)10-31)30-23(35)32(21)12-3-6-16-17(8-12)29-11-28-16/h3-6,8,11,13,21,33H,1-2,7,9-10H2,(H,28,29)(H,27,30,35). The average molecular weight is 519 g/mol. The molecule has 0 aliphatic carbocycles. The zero-order chi connectivity index (χ0) is 24.7. The van der Waals surface area contributed by atoms with E-state index in [-0.39, 0.29) is 40.5 Å². The van der Waals surface area contributed by atoms with Gasteiger partial charge in [-0.25, -0.2) is 13.8 Å². The van der Waals surface area contributed by atoms with Crippen molar-refractivity contribution in [3.63, 3.8) is 0 Å². The Morgan fingerprint density at radius 2 is 2.14 bits per heavy atom. The van der Waals surface area contributed by atoms with Crippen molar-refractivity contribution in [1.29, 1.82) is 0 Å². The van der Waals surface area contributed by atoms with Crippen molar-refractivity contribution in [2.24, 2.45) is 4.99 Å². The number of aromatic amines is 1. The molecule has 12 heteroatoms. The molecule has 0 bridgehead atoms. The van der Waals surface area contributed by atoms with Crippen LogP contribution in [-0.2, 0) is 4.79 Å². The van der Waals surface area contributed by atoms with Crippen molar-refractivity contribution >= 4 is 57.4 Å².